The first-order valence-electron chi connectivity index (χ1n) is 7.06. The summed E-state index contributed by atoms with van der Waals surface area (Å²) in [6.07, 6.45) is 8.18. The van der Waals surface area contributed by atoms with Crippen LogP contribution in [0.25, 0.3) is 5.95 Å². The second-order valence-electron chi connectivity index (χ2n) is 5.00. The lowest BCUT2D eigenvalue weighted by atomic mass is 10.0. The molecule has 3 rings (SSSR count). The van der Waals surface area contributed by atoms with E-state index in [0.717, 1.165) is 13.0 Å². The van der Waals surface area contributed by atoms with Crippen LogP contribution in [0.4, 0.5) is 11.9 Å². The third kappa shape index (κ3) is 2.43. The minimum Gasteiger partial charge on any atom is -0.368 e. The topological polar surface area (TPSA) is 85.8 Å². The molecule has 1 aliphatic rings. The number of nitrogens with zero attached hydrogens (tertiary/aromatic N) is 6. The molecular weight excluding hydrogens is 254 g/mol. The fourth-order valence-corrected chi connectivity index (χ4v) is 2.68. The van der Waals surface area contributed by atoms with Gasteiger partial charge in [-0.2, -0.15) is 20.1 Å². The molecule has 0 radical (unpaired) electrons. The van der Waals surface area contributed by atoms with Gasteiger partial charge < -0.3 is 10.6 Å². The Hall–Kier alpha value is -2.18. The summed E-state index contributed by atoms with van der Waals surface area (Å²) in [6, 6.07) is 2.31. The van der Waals surface area contributed by atoms with Crippen LogP contribution in [0.3, 0.4) is 0 Å². The fraction of sp³-hybridized carbons (Fsp3) is 0.538. The smallest absolute Gasteiger partial charge is 0.257 e. The summed E-state index contributed by atoms with van der Waals surface area (Å²) < 4.78 is 1.60. The molecule has 7 nitrogen and oxygen atoms in total. The third-order valence-corrected chi connectivity index (χ3v) is 3.69. The molecule has 2 N–H and O–H groups in total. The summed E-state index contributed by atoms with van der Waals surface area (Å²) in [6.45, 7) is 3.17. The molecule has 1 unspecified atom stereocenters. The van der Waals surface area contributed by atoms with Crippen molar-refractivity contribution in [2.24, 2.45) is 0 Å². The van der Waals surface area contributed by atoms with E-state index in [-0.39, 0.29) is 5.95 Å². The zero-order valence-electron chi connectivity index (χ0n) is 11.6. The van der Waals surface area contributed by atoms with Gasteiger partial charge >= 0.3 is 0 Å². The fourth-order valence-electron chi connectivity index (χ4n) is 2.68. The predicted molar refractivity (Wildman–Crippen MR) is 76.6 cm³/mol. The van der Waals surface area contributed by atoms with Crippen molar-refractivity contribution in [3.63, 3.8) is 0 Å². The second-order valence-corrected chi connectivity index (χ2v) is 5.00. The highest BCUT2D eigenvalue weighted by Crippen LogP contribution is 2.24. The van der Waals surface area contributed by atoms with Gasteiger partial charge in [0.2, 0.25) is 11.9 Å². The SMILES string of the molecule is CCC1CCCCN1c1nc(N)nc(-n2cccn2)n1. The highest BCUT2D eigenvalue weighted by molar-refractivity contribution is 5.39. The van der Waals surface area contributed by atoms with Gasteiger partial charge in [0.05, 0.1) is 0 Å². The van der Waals surface area contributed by atoms with E-state index < -0.39 is 0 Å². The minimum absolute atomic E-state index is 0.237. The van der Waals surface area contributed by atoms with E-state index in [1.54, 1.807) is 17.1 Å². The van der Waals surface area contributed by atoms with Crippen molar-refractivity contribution in [3.05, 3.63) is 18.5 Å². The number of anilines is 2. The van der Waals surface area contributed by atoms with Crippen molar-refractivity contribution in [2.75, 3.05) is 17.2 Å². The molecular formula is C13H19N7. The zero-order chi connectivity index (χ0) is 13.9. The standard InChI is InChI=1S/C13H19N7/c1-2-10-6-3-4-8-19(10)12-16-11(14)17-13(18-12)20-9-5-7-15-20/h5,7,9-10H,2-4,6,8H2,1H3,(H2,14,16,17,18). The number of aromatic nitrogens is 5. The summed E-state index contributed by atoms with van der Waals surface area (Å²) in [5, 5.41) is 4.14. The molecule has 0 amide bonds. The first-order valence-corrected chi connectivity index (χ1v) is 7.06. The van der Waals surface area contributed by atoms with Crippen LogP contribution in [-0.2, 0) is 0 Å². The molecule has 7 heteroatoms. The van der Waals surface area contributed by atoms with Crippen molar-refractivity contribution in [1.29, 1.82) is 0 Å². The molecule has 0 spiro atoms. The number of piperidine rings is 1. The molecule has 1 aliphatic heterocycles. The predicted octanol–water partition coefficient (Wildman–Crippen LogP) is 1.41. The quantitative estimate of drug-likeness (QED) is 0.910. The van der Waals surface area contributed by atoms with Crippen molar-refractivity contribution >= 4 is 11.9 Å². The van der Waals surface area contributed by atoms with Gasteiger partial charge in [-0.3, -0.25) is 0 Å². The number of rotatable bonds is 3. The Morgan fingerprint density at radius 1 is 1.25 bits per heavy atom. The first kappa shape index (κ1) is 12.8. The van der Waals surface area contributed by atoms with E-state index in [0.29, 0.717) is 17.9 Å². The van der Waals surface area contributed by atoms with Crippen LogP contribution < -0.4 is 10.6 Å². The van der Waals surface area contributed by atoms with Crippen molar-refractivity contribution in [3.8, 4) is 5.95 Å². The Bertz CT molecular complexity index is 566. The van der Waals surface area contributed by atoms with E-state index in [1.807, 2.05) is 6.07 Å². The average molecular weight is 273 g/mol. The summed E-state index contributed by atoms with van der Waals surface area (Å²) in [5.74, 6) is 1.37. The lowest BCUT2D eigenvalue weighted by Gasteiger charge is -2.35. The molecule has 2 aromatic rings. The number of hydrogen-bond donors (Lipinski definition) is 1. The van der Waals surface area contributed by atoms with Crippen LogP contribution in [-0.4, -0.2) is 37.3 Å². The van der Waals surface area contributed by atoms with E-state index in [2.05, 4.69) is 31.9 Å². The minimum atomic E-state index is 0.237. The maximum absolute atomic E-state index is 5.83. The van der Waals surface area contributed by atoms with Crippen molar-refractivity contribution in [1.82, 2.24) is 24.7 Å². The van der Waals surface area contributed by atoms with Crippen LogP contribution in [0.1, 0.15) is 32.6 Å². The average Bonchev–Trinajstić information content (AvgIpc) is 3.01. The molecule has 0 bridgehead atoms. The Balaban J connectivity index is 1.96. The summed E-state index contributed by atoms with van der Waals surface area (Å²) >= 11 is 0. The third-order valence-electron chi connectivity index (χ3n) is 3.69. The molecule has 2 aromatic heterocycles. The Morgan fingerprint density at radius 3 is 2.85 bits per heavy atom. The lowest BCUT2D eigenvalue weighted by molar-refractivity contribution is 0.442. The highest BCUT2D eigenvalue weighted by Gasteiger charge is 2.24. The van der Waals surface area contributed by atoms with Crippen molar-refractivity contribution < 1.29 is 0 Å². The largest absolute Gasteiger partial charge is 0.368 e. The second kappa shape index (κ2) is 5.44. The monoisotopic (exact) mass is 273 g/mol. The molecule has 1 atom stereocenters. The molecule has 20 heavy (non-hydrogen) atoms. The van der Waals surface area contributed by atoms with E-state index >= 15 is 0 Å². The van der Waals surface area contributed by atoms with Gasteiger partial charge in [-0.25, -0.2) is 4.68 Å². The summed E-state index contributed by atoms with van der Waals surface area (Å²) in [7, 11) is 0. The highest BCUT2D eigenvalue weighted by atomic mass is 15.4. The summed E-state index contributed by atoms with van der Waals surface area (Å²) in [5.41, 5.74) is 5.83. The molecule has 0 saturated carbocycles. The number of hydrogen-bond acceptors (Lipinski definition) is 6. The first-order chi connectivity index (χ1) is 9.78. The Morgan fingerprint density at radius 2 is 2.10 bits per heavy atom. The molecule has 1 fully saturated rings. The number of nitrogens with two attached hydrogens (primary N) is 1. The van der Waals surface area contributed by atoms with Gasteiger partial charge in [-0.05, 0) is 31.7 Å². The van der Waals surface area contributed by atoms with Crippen LogP contribution in [0, 0.1) is 0 Å². The van der Waals surface area contributed by atoms with Gasteiger partial charge in [-0.1, -0.05) is 6.92 Å². The van der Waals surface area contributed by atoms with E-state index in [1.165, 1.54) is 19.3 Å². The van der Waals surface area contributed by atoms with Gasteiger partial charge in [0.25, 0.3) is 5.95 Å². The van der Waals surface area contributed by atoms with Gasteiger partial charge in [0.15, 0.2) is 0 Å². The maximum Gasteiger partial charge on any atom is 0.257 e. The molecule has 106 valence electrons. The molecule has 0 aliphatic carbocycles. The molecule has 0 aromatic carbocycles. The molecule has 1 saturated heterocycles. The van der Waals surface area contributed by atoms with Gasteiger partial charge in [0.1, 0.15) is 0 Å². The van der Waals surface area contributed by atoms with Crippen LogP contribution in [0.5, 0.6) is 0 Å². The Labute approximate surface area is 117 Å². The van der Waals surface area contributed by atoms with Crippen molar-refractivity contribution in [2.45, 2.75) is 38.6 Å². The van der Waals surface area contributed by atoms with E-state index in [4.69, 9.17) is 5.73 Å². The summed E-state index contributed by atoms with van der Waals surface area (Å²) in [4.78, 5) is 15.2. The Kier molecular flexibility index (Phi) is 3.49. The van der Waals surface area contributed by atoms with E-state index in [9.17, 15) is 0 Å². The van der Waals surface area contributed by atoms with Gasteiger partial charge in [-0.15, -0.1) is 0 Å². The van der Waals surface area contributed by atoms with Crippen LogP contribution in [0.2, 0.25) is 0 Å². The lowest BCUT2D eigenvalue weighted by Crippen LogP contribution is -2.40. The number of nitrogen functional groups attached to an aromatic ring is 1. The van der Waals surface area contributed by atoms with Gasteiger partial charge in [0, 0.05) is 25.0 Å². The zero-order valence-corrected chi connectivity index (χ0v) is 11.6. The molecule has 3 heterocycles. The van der Waals surface area contributed by atoms with Crippen LogP contribution >= 0.6 is 0 Å². The van der Waals surface area contributed by atoms with Crippen LogP contribution in [0.15, 0.2) is 18.5 Å². The maximum atomic E-state index is 5.83. The normalized spacial score (nSPS) is 19.2.